The number of pyridine rings is 1. The first-order valence-electron chi connectivity index (χ1n) is 5.65. The Bertz CT molecular complexity index is 316. The fourth-order valence-corrected chi connectivity index (χ4v) is 2.06. The van der Waals surface area contributed by atoms with E-state index < -0.39 is 0 Å². The van der Waals surface area contributed by atoms with E-state index in [1.807, 2.05) is 12.3 Å². The van der Waals surface area contributed by atoms with Gasteiger partial charge in [0.25, 0.3) is 0 Å². The Morgan fingerprint density at radius 3 is 2.73 bits per heavy atom. The molecule has 0 aromatic carbocycles. The topological polar surface area (TPSA) is 28.2 Å². The molecule has 0 atom stereocenters. The van der Waals surface area contributed by atoms with Crippen molar-refractivity contribution < 1.29 is 0 Å². The van der Waals surface area contributed by atoms with Crippen LogP contribution in [0.25, 0.3) is 0 Å². The van der Waals surface area contributed by atoms with Crippen molar-refractivity contribution in [3.05, 3.63) is 18.3 Å². The van der Waals surface area contributed by atoms with Crippen LogP contribution in [0.4, 0.5) is 11.5 Å². The van der Waals surface area contributed by atoms with Crippen molar-refractivity contribution in [3.8, 4) is 0 Å². The molecule has 0 aliphatic heterocycles. The molecule has 0 amide bonds. The van der Waals surface area contributed by atoms with Gasteiger partial charge < -0.3 is 10.2 Å². The minimum Gasteiger partial charge on any atom is -0.378 e. The van der Waals surface area contributed by atoms with E-state index in [-0.39, 0.29) is 0 Å². The normalized spacial score (nSPS) is 16.7. The zero-order valence-electron chi connectivity index (χ0n) is 9.53. The van der Waals surface area contributed by atoms with Gasteiger partial charge in [-0.3, -0.25) is 0 Å². The number of rotatable bonds is 3. The Labute approximate surface area is 91.5 Å². The van der Waals surface area contributed by atoms with Gasteiger partial charge in [-0.15, -0.1) is 0 Å². The van der Waals surface area contributed by atoms with Crippen LogP contribution in [0, 0.1) is 0 Å². The lowest BCUT2D eigenvalue weighted by Gasteiger charge is -2.16. The molecule has 3 heteroatoms. The smallest absolute Gasteiger partial charge is 0.128 e. The summed E-state index contributed by atoms with van der Waals surface area (Å²) in [6.07, 6.45) is 7.14. The fourth-order valence-electron chi connectivity index (χ4n) is 2.06. The average molecular weight is 205 g/mol. The molecule has 82 valence electrons. The Hall–Kier alpha value is -1.25. The zero-order valence-corrected chi connectivity index (χ0v) is 9.53. The first kappa shape index (κ1) is 10.3. The van der Waals surface area contributed by atoms with Crippen molar-refractivity contribution in [2.75, 3.05) is 24.3 Å². The molecular formula is C12H19N3. The minimum atomic E-state index is 0.634. The minimum absolute atomic E-state index is 0.634. The first-order valence-corrected chi connectivity index (χ1v) is 5.65. The van der Waals surface area contributed by atoms with Gasteiger partial charge in [-0.05, 0) is 18.9 Å². The summed E-state index contributed by atoms with van der Waals surface area (Å²) >= 11 is 0. The number of aromatic nitrogens is 1. The van der Waals surface area contributed by atoms with Crippen LogP contribution >= 0.6 is 0 Å². The predicted molar refractivity (Wildman–Crippen MR) is 64.4 cm³/mol. The fraction of sp³-hybridized carbons (Fsp3) is 0.583. The van der Waals surface area contributed by atoms with E-state index in [9.17, 15) is 0 Å². The highest BCUT2D eigenvalue weighted by Gasteiger charge is 2.14. The monoisotopic (exact) mass is 205 g/mol. The quantitative estimate of drug-likeness (QED) is 0.821. The molecule has 1 aromatic heterocycles. The lowest BCUT2D eigenvalue weighted by atomic mass is 10.2. The van der Waals surface area contributed by atoms with Gasteiger partial charge >= 0.3 is 0 Å². The van der Waals surface area contributed by atoms with E-state index >= 15 is 0 Å². The van der Waals surface area contributed by atoms with Crippen LogP contribution in [0.3, 0.4) is 0 Å². The van der Waals surface area contributed by atoms with Gasteiger partial charge in [0.15, 0.2) is 0 Å². The summed E-state index contributed by atoms with van der Waals surface area (Å²) in [4.78, 5) is 6.45. The zero-order chi connectivity index (χ0) is 10.7. The Morgan fingerprint density at radius 2 is 2.07 bits per heavy atom. The molecule has 0 bridgehead atoms. The Kier molecular flexibility index (Phi) is 3.09. The van der Waals surface area contributed by atoms with E-state index in [4.69, 9.17) is 0 Å². The van der Waals surface area contributed by atoms with E-state index in [2.05, 4.69) is 35.4 Å². The molecule has 1 N–H and O–H groups in total. The summed E-state index contributed by atoms with van der Waals surface area (Å²) in [5, 5.41) is 3.50. The molecule has 1 aliphatic rings. The van der Waals surface area contributed by atoms with Crippen LogP contribution in [0.15, 0.2) is 18.3 Å². The summed E-state index contributed by atoms with van der Waals surface area (Å²) in [7, 11) is 4.10. The van der Waals surface area contributed by atoms with Crippen molar-refractivity contribution in [1.29, 1.82) is 0 Å². The van der Waals surface area contributed by atoms with Gasteiger partial charge in [-0.25, -0.2) is 4.98 Å². The lowest BCUT2D eigenvalue weighted by Crippen LogP contribution is -2.16. The summed E-state index contributed by atoms with van der Waals surface area (Å²) in [6, 6.07) is 4.77. The van der Waals surface area contributed by atoms with Gasteiger partial charge in [-0.2, -0.15) is 0 Å². The van der Waals surface area contributed by atoms with Crippen LogP contribution in [0.1, 0.15) is 25.7 Å². The van der Waals surface area contributed by atoms with E-state index in [1.165, 1.54) is 31.4 Å². The van der Waals surface area contributed by atoms with Gasteiger partial charge in [0.2, 0.25) is 0 Å². The summed E-state index contributed by atoms with van der Waals surface area (Å²) in [6.45, 7) is 0. The van der Waals surface area contributed by atoms with Crippen LogP contribution in [-0.4, -0.2) is 25.1 Å². The van der Waals surface area contributed by atoms with Gasteiger partial charge in [0.1, 0.15) is 5.82 Å². The van der Waals surface area contributed by atoms with Crippen LogP contribution in [-0.2, 0) is 0 Å². The van der Waals surface area contributed by atoms with Crippen molar-refractivity contribution in [2.45, 2.75) is 31.7 Å². The number of anilines is 2. The molecule has 1 saturated carbocycles. The number of hydrogen-bond donors (Lipinski definition) is 1. The summed E-state index contributed by atoms with van der Waals surface area (Å²) in [5.74, 6) is 1.01. The van der Waals surface area contributed by atoms with E-state index in [1.54, 1.807) is 0 Å². The first-order chi connectivity index (χ1) is 7.25. The Balaban J connectivity index is 2.04. The number of nitrogens with one attached hydrogen (secondary N) is 1. The van der Waals surface area contributed by atoms with Crippen LogP contribution in [0.5, 0.6) is 0 Å². The molecule has 2 rings (SSSR count). The predicted octanol–water partition coefficient (Wildman–Crippen LogP) is 2.50. The van der Waals surface area contributed by atoms with Gasteiger partial charge in [0, 0.05) is 38.1 Å². The molecular weight excluding hydrogens is 186 g/mol. The molecule has 1 fully saturated rings. The lowest BCUT2D eigenvalue weighted by molar-refractivity contribution is 0.750. The maximum absolute atomic E-state index is 4.35. The highest BCUT2D eigenvalue weighted by molar-refractivity contribution is 5.53. The van der Waals surface area contributed by atoms with E-state index in [0.29, 0.717) is 6.04 Å². The van der Waals surface area contributed by atoms with Gasteiger partial charge in [-0.1, -0.05) is 12.8 Å². The van der Waals surface area contributed by atoms with E-state index in [0.717, 1.165) is 5.82 Å². The third-order valence-electron chi connectivity index (χ3n) is 2.97. The molecule has 0 unspecified atom stereocenters. The summed E-state index contributed by atoms with van der Waals surface area (Å²) in [5.41, 5.74) is 1.20. The van der Waals surface area contributed by atoms with Gasteiger partial charge in [0.05, 0.1) is 0 Å². The molecule has 3 nitrogen and oxygen atoms in total. The SMILES string of the molecule is CN(C)c1ccnc(NC2CCCC2)c1. The highest BCUT2D eigenvalue weighted by Crippen LogP contribution is 2.22. The molecule has 0 saturated heterocycles. The maximum Gasteiger partial charge on any atom is 0.128 e. The van der Waals surface area contributed by atoms with Crippen molar-refractivity contribution in [2.24, 2.45) is 0 Å². The molecule has 1 aliphatic carbocycles. The van der Waals surface area contributed by atoms with Crippen molar-refractivity contribution in [1.82, 2.24) is 4.98 Å². The number of hydrogen-bond acceptors (Lipinski definition) is 3. The third-order valence-corrected chi connectivity index (χ3v) is 2.97. The largest absolute Gasteiger partial charge is 0.378 e. The molecule has 15 heavy (non-hydrogen) atoms. The maximum atomic E-state index is 4.35. The molecule has 0 radical (unpaired) electrons. The molecule has 1 heterocycles. The second-order valence-electron chi connectivity index (χ2n) is 4.42. The third kappa shape index (κ3) is 2.61. The van der Waals surface area contributed by atoms with Crippen molar-refractivity contribution >= 4 is 11.5 Å². The standard InChI is InChI=1S/C12H19N3/c1-15(2)11-7-8-13-12(9-11)14-10-5-3-4-6-10/h7-10H,3-6H2,1-2H3,(H,13,14). The molecule has 1 aromatic rings. The number of nitrogens with zero attached hydrogens (tertiary/aromatic N) is 2. The van der Waals surface area contributed by atoms with Crippen LogP contribution < -0.4 is 10.2 Å². The second-order valence-corrected chi connectivity index (χ2v) is 4.42. The van der Waals surface area contributed by atoms with Crippen LogP contribution in [0.2, 0.25) is 0 Å². The average Bonchev–Trinajstić information content (AvgIpc) is 2.71. The van der Waals surface area contributed by atoms with Crippen molar-refractivity contribution in [3.63, 3.8) is 0 Å². The highest BCUT2D eigenvalue weighted by atomic mass is 15.1. The summed E-state index contributed by atoms with van der Waals surface area (Å²) < 4.78 is 0. The molecule has 0 spiro atoms. The Morgan fingerprint density at radius 1 is 1.33 bits per heavy atom. The second kappa shape index (κ2) is 4.51.